The molecule has 2 atom stereocenters. The highest BCUT2D eigenvalue weighted by molar-refractivity contribution is 5.40. The molecule has 0 saturated heterocycles. The molecule has 1 N–H and O–H groups in total. The van der Waals surface area contributed by atoms with Crippen LogP contribution in [0.4, 0.5) is 0 Å². The van der Waals surface area contributed by atoms with E-state index in [0.717, 1.165) is 31.1 Å². The van der Waals surface area contributed by atoms with E-state index in [9.17, 15) is 0 Å². The maximum absolute atomic E-state index is 5.61. The third-order valence-corrected chi connectivity index (χ3v) is 5.10. The van der Waals surface area contributed by atoms with Gasteiger partial charge in [0.05, 0.1) is 6.61 Å². The van der Waals surface area contributed by atoms with Gasteiger partial charge in [0.1, 0.15) is 5.75 Å². The molecule has 1 aromatic carbocycles. The summed E-state index contributed by atoms with van der Waals surface area (Å²) in [6.07, 6.45) is 7.87. The van der Waals surface area contributed by atoms with Gasteiger partial charge in [-0.05, 0) is 49.3 Å². The van der Waals surface area contributed by atoms with E-state index in [1.165, 1.54) is 36.8 Å². The molecule has 20 heavy (non-hydrogen) atoms. The van der Waals surface area contributed by atoms with E-state index < -0.39 is 0 Å². The van der Waals surface area contributed by atoms with Gasteiger partial charge < -0.3 is 10.1 Å². The summed E-state index contributed by atoms with van der Waals surface area (Å²) in [5, 5.41) is 3.88. The number of rotatable bonds is 5. The number of benzene rings is 1. The van der Waals surface area contributed by atoms with E-state index in [1.54, 1.807) is 0 Å². The SMILES string of the molecule is CCC(N[C@H](C)C1CCCC1)c1ccc2c(c1)CCO2. The van der Waals surface area contributed by atoms with Gasteiger partial charge in [0.2, 0.25) is 0 Å². The Morgan fingerprint density at radius 1 is 1.30 bits per heavy atom. The molecule has 2 heteroatoms. The van der Waals surface area contributed by atoms with Crippen LogP contribution in [0.5, 0.6) is 5.75 Å². The fourth-order valence-corrected chi connectivity index (χ4v) is 3.78. The highest BCUT2D eigenvalue weighted by Gasteiger charge is 2.24. The van der Waals surface area contributed by atoms with E-state index in [4.69, 9.17) is 4.74 Å². The first-order valence-corrected chi connectivity index (χ1v) is 8.29. The Morgan fingerprint density at radius 3 is 2.85 bits per heavy atom. The minimum Gasteiger partial charge on any atom is -0.493 e. The molecule has 1 saturated carbocycles. The van der Waals surface area contributed by atoms with Crippen LogP contribution in [0.25, 0.3) is 0 Å². The molecule has 1 heterocycles. The van der Waals surface area contributed by atoms with Gasteiger partial charge in [-0.25, -0.2) is 0 Å². The average Bonchev–Trinajstić information content (AvgIpc) is 3.14. The highest BCUT2D eigenvalue weighted by atomic mass is 16.5. The van der Waals surface area contributed by atoms with E-state index in [2.05, 4.69) is 37.4 Å². The maximum atomic E-state index is 5.61. The molecule has 0 aromatic heterocycles. The van der Waals surface area contributed by atoms with Crippen molar-refractivity contribution in [1.82, 2.24) is 5.32 Å². The smallest absolute Gasteiger partial charge is 0.122 e. The van der Waals surface area contributed by atoms with Gasteiger partial charge >= 0.3 is 0 Å². The summed E-state index contributed by atoms with van der Waals surface area (Å²) in [6, 6.07) is 7.86. The lowest BCUT2D eigenvalue weighted by Crippen LogP contribution is -2.35. The van der Waals surface area contributed by atoms with Gasteiger partial charge in [-0.3, -0.25) is 0 Å². The molecule has 1 unspecified atom stereocenters. The van der Waals surface area contributed by atoms with Crippen LogP contribution in [0.1, 0.15) is 63.1 Å². The molecule has 0 amide bonds. The average molecular weight is 273 g/mol. The Kier molecular flexibility index (Phi) is 4.30. The predicted molar refractivity (Wildman–Crippen MR) is 83.2 cm³/mol. The van der Waals surface area contributed by atoms with Crippen LogP contribution in [0.3, 0.4) is 0 Å². The molecule has 0 radical (unpaired) electrons. The van der Waals surface area contributed by atoms with Gasteiger partial charge in [-0.15, -0.1) is 0 Å². The Labute approximate surface area is 122 Å². The Bertz CT molecular complexity index is 451. The number of fused-ring (bicyclic) bond motifs is 1. The number of hydrogen-bond acceptors (Lipinski definition) is 2. The van der Waals surface area contributed by atoms with Crippen molar-refractivity contribution < 1.29 is 4.74 Å². The molecule has 0 bridgehead atoms. The highest BCUT2D eigenvalue weighted by Crippen LogP contribution is 2.32. The lowest BCUT2D eigenvalue weighted by molar-refractivity contribution is 0.338. The van der Waals surface area contributed by atoms with Gasteiger partial charge in [0, 0.05) is 18.5 Å². The summed E-state index contributed by atoms with van der Waals surface area (Å²) in [5.74, 6) is 1.97. The zero-order valence-corrected chi connectivity index (χ0v) is 12.8. The Hall–Kier alpha value is -1.02. The topological polar surface area (TPSA) is 21.3 Å². The van der Waals surface area contributed by atoms with Crippen molar-refractivity contribution in [2.75, 3.05) is 6.61 Å². The Balaban J connectivity index is 1.69. The van der Waals surface area contributed by atoms with Gasteiger partial charge in [0.25, 0.3) is 0 Å². The summed E-state index contributed by atoms with van der Waals surface area (Å²) in [7, 11) is 0. The zero-order chi connectivity index (χ0) is 13.9. The molecule has 1 aliphatic heterocycles. The van der Waals surface area contributed by atoms with Crippen molar-refractivity contribution in [2.24, 2.45) is 5.92 Å². The van der Waals surface area contributed by atoms with Crippen molar-refractivity contribution in [3.05, 3.63) is 29.3 Å². The lowest BCUT2D eigenvalue weighted by Gasteiger charge is -2.27. The van der Waals surface area contributed by atoms with Crippen LogP contribution in [0.15, 0.2) is 18.2 Å². The molecule has 3 rings (SSSR count). The van der Waals surface area contributed by atoms with Gasteiger partial charge in [-0.1, -0.05) is 31.9 Å². The second kappa shape index (κ2) is 6.17. The van der Waals surface area contributed by atoms with E-state index in [-0.39, 0.29) is 0 Å². The van der Waals surface area contributed by atoms with Crippen LogP contribution >= 0.6 is 0 Å². The predicted octanol–water partition coefficient (Wildman–Crippen LogP) is 4.24. The zero-order valence-electron chi connectivity index (χ0n) is 12.8. The molecule has 2 aliphatic rings. The van der Waals surface area contributed by atoms with Crippen LogP contribution in [-0.4, -0.2) is 12.6 Å². The summed E-state index contributed by atoms with van der Waals surface area (Å²) >= 11 is 0. The normalized spacial score (nSPS) is 21.5. The molecular weight excluding hydrogens is 246 g/mol. The largest absolute Gasteiger partial charge is 0.493 e. The first-order chi connectivity index (χ1) is 9.78. The molecule has 2 nitrogen and oxygen atoms in total. The Morgan fingerprint density at radius 2 is 2.10 bits per heavy atom. The van der Waals surface area contributed by atoms with Gasteiger partial charge in [-0.2, -0.15) is 0 Å². The summed E-state index contributed by atoms with van der Waals surface area (Å²) in [5.41, 5.74) is 2.82. The monoisotopic (exact) mass is 273 g/mol. The van der Waals surface area contributed by atoms with E-state index >= 15 is 0 Å². The molecule has 0 spiro atoms. The van der Waals surface area contributed by atoms with Crippen molar-refractivity contribution in [3.63, 3.8) is 0 Å². The third kappa shape index (κ3) is 2.85. The second-order valence-corrected chi connectivity index (χ2v) is 6.43. The second-order valence-electron chi connectivity index (χ2n) is 6.43. The van der Waals surface area contributed by atoms with Crippen LogP contribution in [0.2, 0.25) is 0 Å². The molecule has 1 aromatic rings. The molecule has 1 fully saturated rings. The molecule has 110 valence electrons. The maximum Gasteiger partial charge on any atom is 0.122 e. The first kappa shape index (κ1) is 13.9. The van der Waals surface area contributed by atoms with Crippen LogP contribution in [-0.2, 0) is 6.42 Å². The molecular formula is C18H27NO. The lowest BCUT2D eigenvalue weighted by atomic mass is 9.95. The number of hydrogen-bond donors (Lipinski definition) is 1. The van der Waals surface area contributed by atoms with Crippen molar-refractivity contribution >= 4 is 0 Å². The standard InChI is InChI=1S/C18H27NO/c1-3-17(19-13(2)14-6-4-5-7-14)15-8-9-18-16(12-15)10-11-20-18/h8-9,12-14,17,19H,3-7,10-11H2,1-2H3/t13-,17?/m1/s1. The first-order valence-electron chi connectivity index (χ1n) is 8.29. The fraction of sp³-hybridized carbons (Fsp3) is 0.667. The minimum absolute atomic E-state index is 0.483. The van der Waals surface area contributed by atoms with Crippen LogP contribution < -0.4 is 10.1 Å². The minimum atomic E-state index is 0.483. The number of nitrogens with one attached hydrogen (secondary N) is 1. The summed E-state index contributed by atoms with van der Waals surface area (Å²) in [6.45, 7) is 5.50. The van der Waals surface area contributed by atoms with E-state index in [1.807, 2.05) is 0 Å². The fourth-order valence-electron chi connectivity index (χ4n) is 3.78. The third-order valence-electron chi connectivity index (χ3n) is 5.10. The molecule has 1 aliphatic carbocycles. The van der Waals surface area contributed by atoms with Gasteiger partial charge in [0.15, 0.2) is 0 Å². The van der Waals surface area contributed by atoms with Crippen molar-refractivity contribution in [2.45, 2.75) is 64.5 Å². The van der Waals surface area contributed by atoms with E-state index in [0.29, 0.717) is 12.1 Å². The van der Waals surface area contributed by atoms with Crippen molar-refractivity contribution in [1.29, 1.82) is 0 Å². The quantitative estimate of drug-likeness (QED) is 0.866. The summed E-state index contributed by atoms with van der Waals surface area (Å²) < 4.78 is 5.61. The number of ether oxygens (including phenoxy) is 1. The van der Waals surface area contributed by atoms with Crippen molar-refractivity contribution in [3.8, 4) is 5.75 Å². The van der Waals surface area contributed by atoms with Crippen LogP contribution in [0, 0.1) is 5.92 Å². The summed E-state index contributed by atoms with van der Waals surface area (Å²) in [4.78, 5) is 0.